The third kappa shape index (κ3) is 11.0. The van der Waals surface area contributed by atoms with Crippen LogP contribution in [0.1, 0.15) is 38.7 Å². The van der Waals surface area contributed by atoms with Crippen LogP contribution in [-0.4, -0.2) is 99.2 Å². The summed E-state index contributed by atoms with van der Waals surface area (Å²) in [6.07, 6.45) is -2.60. The predicted molar refractivity (Wildman–Crippen MR) is 206 cm³/mol. The van der Waals surface area contributed by atoms with Gasteiger partial charge in [0.15, 0.2) is 17.8 Å². The lowest BCUT2D eigenvalue weighted by Crippen LogP contribution is -2.52. The highest BCUT2D eigenvalue weighted by Crippen LogP contribution is 2.36. The van der Waals surface area contributed by atoms with E-state index in [1.807, 2.05) is 44.2 Å². The number of benzene rings is 3. The van der Waals surface area contributed by atoms with Gasteiger partial charge in [-0.25, -0.2) is 18.0 Å². The van der Waals surface area contributed by atoms with Gasteiger partial charge in [0.2, 0.25) is 16.8 Å². The van der Waals surface area contributed by atoms with Crippen LogP contribution in [0.4, 0.5) is 15.3 Å². The number of carbonyl (C=O) groups excluding carboxylic acids is 2. The van der Waals surface area contributed by atoms with Crippen LogP contribution in [0.5, 0.6) is 17.2 Å². The molecular weight excluding hydrogens is 779 g/mol. The van der Waals surface area contributed by atoms with Crippen LogP contribution in [0.15, 0.2) is 89.8 Å². The number of carbonyl (C=O) groups is 2. The van der Waals surface area contributed by atoms with Crippen molar-refractivity contribution in [3.05, 3.63) is 101 Å². The lowest BCUT2D eigenvalue weighted by atomic mass is 9.86. The summed E-state index contributed by atoms with van der Waals surface area (Å²) in [5.74, 6) is 0.622. The van der Waals surface area contributed by atoms with Crippen LogP contribution in [0, 0.1) is 21.4 Å². The second kappa shape index (κ2) is 18.5. The molecule has 2 N–H and O–H groups in total. The third-order valence-electron chi connectivity index (χ3n) is 10.1. The zero-order valence-corrected chi connectivity index (χ0v) is 33.0. The monoisotopic (exact) mass is 825 g/mol. The first-order chi connectivity index (χ1) is 27.7. The molecule has 3 aromatic rings. The number of nitro benzene ring substituents is 1. The Balaban J connectivity index is 1.14. The van der Waals surface area contributed by atoms with E-state index in [2.05, 4.69) is 11.9 Å². The van der Waals surface area contributed by atoms with E-state index >= 15 is 0 Å². The van der Waals surface area contributed by atoms with E-state index in [0.29, 0.717) is 37.2 Å². The highest BCUT2D eigenvalue weighted by atomic mass is 32.2. The molecule has 0 aliphatic carbocycles. The van der Waals surface area contributed by atoms with E-state index in [4.69, 9.17) is 33.2 Å². The number of fused-ring (bicyclic) bond motifs is 2. The number of hydrogen-bond donors (Lipinski definition) is 2. The molecule has 0 saturated carbocycles. The maximum absolute atomic E-state index is 14.5. The molecule has 0 bridgehead atoms. The third-order valence-corrected chi connectivity index (χ3v) is 11.9. The van der Waals surface area contributed by atoms with Crippen LogP contribution in [0.25, 0.3) is 0 Å². The molecule has 0 radical (unpaired) electrons. The van der Waals surface area contributed by atoms with Crippen LogP contribution >= 0.6 is 0 Å². The standard InChI is InChI=1S/C40H47N3O14S/c1-26(22-53-39(46)56-29-11-9-28(10-12-29)43(47)48)15-17-40(2,3)24-42(58(49,50)30-13-14-34-35(20-30)55-25-54-34)21-33(44)32(19-27-7-5-4-6-8-27)41-38(45)57-36-23-52-37-31(36)16-18-51-37/h4-14,20,31-33,36-37,44H,1,15-19,21-25H2,2-3H3,(H,41,45)/t31-,32-,33+,36-,37+/m0/s1. The number of nitro groups is 1. The lowest BCUT2D eigenvalue weighted by Gasteiger charge is -2.35. The number of rotatable bonds is 18. The van der Waals surface area contributed by atoms with Gasteiger partial charge in [0, 0.05) is 31.3 Å². The fourth-order valence-electron chi connectivity index (χ4n) is 6.86. The van der Waals surface area contributed by atoms with Gasteiger partial charge in [-0.15, -0.1) is 0 Å². The van der Waals surface area contributed by atoms with E-state index in [9.17, 15) is 33.2 Å². The van der Waals surface area contributed by atoms with Crippen molar-refractivity contribution in [2.45, 2.75) is 69.0 Å². The molecule has 3 heterocycles. The maximum atomic E-state index is 14.5. The number of aliphatic hydroxyl groups excluding tert-OH is 1. The Bertz CT molecular complexity index is 2050. The number of amides is 1. The summed E-state index contributed by atoms with van der Waals surface area (Å²) in [5, 5.41) is 25.6. The summed E-state index contributed by atoms with van der Waals surface area (Å²) in [7, 11) is -4.29. The van der Waals surface area contributed by atoms with Gasteiger partial charge in [-0.05, 0) is 66.5 Å². The summed E-state index contributed by atoms with van der Waals surface area (Å²) >= 11 is 0. The second-order valence-electron chi connectivity index (χ2n) is 15.1. The molecule has 2 fully saturated rings. The van der Waals surface area contributed by atoms with Crippen LogP contribution in [0.3, 0.4) is 0 Å². The first-order valence-electron chi connectivity index (χ1n) is 18.7. The molecule has 3 aromatic carbocycles. The van der Waals surface area contributed by atoms with E-state index in [0.717, 1.165) is 5.56 Å². The van der Waals surface area contributed by atoms with Gasteiger partial charge in [0.1, 0.15) is 18.5 Å². The molecule has 3 aliphatic rings. The molecule has 0 aromatic heterocycles. The lowest BCUT2D eigenvalue weighted by molar-refractivity contribution is -0.384. The number of aliphatic hydroxyl groups is 1. The number of alkyl carbamates (subject to hydrolysis) is 1. The van der Waals surface area contributed by atoms with Crippen molar-refractivity contribution < 1.29 is 61.2 Å². The summed E-state index contributed by atoms with van der Waals surface area (Å²) < 4.78 is 68.2. The average molecular weight is 826 g/mol. The number of nitrogens with one attached hydrogen (secondary N) is 1. The number of sulfonamides is 1. The summed E-state index contributed by atoms with van der Waals surface area (Å²) in [4.78, 5) is 35.9. The number of nitrogens with zero attached hydrogens (tertiary/aromatic N) is 2. The normalized spacial score (nSPS) is 19.6. The smallest absolute Gasteiger partial charge is 0.454 e. The van der Waals surface area contributed by atoms with Crippen molar-refractivity contribution in [2.24, 2.45) is 11.3 Å². The Morgan fingerprint density at radius 3 is 2.55 bits per heavy atom. The minimum absolute atomic E-state index is 0.0546. The Morgan fingerprint density at radius 2 is 1.81 bits per heavy atom. The first kappa shape index (κ1) is 42.3. The van der Waals surface area contributed by atoms with Crippen molar-refractivity contribution in [2.75, 3.05) is 39.7 Å². The van der Waals surface area contributed by atoms with E-state index in [1.54, 1.807) is 0 Å². The molecule has 312 valence electrons. The minimum Gasteiger partial charge on any atom is -0.454 e. The van der Waals surface area contributed by atoms with Crippen LogP contribution < -0.4 is 19.5 Å². The highest BCUT2D eigenvalue weighted by molar-refractivity contribution is 7.89. The predicted octanol–water partition coefficient (Wildman–Crippen LogP) is 5.35. The molecule has 3 aliphatic heterocycles. The van der Waals surface area contributed by atoms with Gasteiger partial charge >= 0.3 is 12.2 Å². The molecule has 2 saturated heterocycles. The van der Waals surface area contributed by atoms with Crippen molar-refractivity contribution >= 4 is 28.0 Å². The topological polar surface area (TPSA) is 212 Å². The number of non-ortho nitro benzene ring substituents is 1. The largest absolute Gasteiger partial charge is 0.514 e. The van der Waals surface area contributed by atoms with Crippen LogP contribution in [-0.2, 0) is 35.4 Å². The van der Waals surface area contributed by atoms with Crippen molar-refractivity contribution in [1.82, 2.24) is 9.62 Å². The van der Waals surface area contributed by atoms with Gasteiger partial charge in [0.05, 0.1) is 41.1 Å². The molecule has 18 heteroatoms. The van der Waals surface area contributed by atoms with Gasteiger partial charge < -0.3 is 43.6 Å². The highest BCUT2D eigenvalue weighted by Gasteiger charge is 2.44. The molecule has 6 rings (SSSR count). The van der Waals surface area contributed by atoms with Crippen molar-refractivity contribution in [3.63, 3.8) is 0 Å². The fourth-order valence-corrected chi connectivity index (χ4v) is 8.52. The summed E-state index contributed by atoms with van der Waals surface area (Å²) in [6.45, 7) is 7.68. The first-order valence-corrected chi connectivity index (χ1v) is 20.2. The molecule has 0 spiro atoms. The number of hydrogen-bond acceptors (Lipinski definition) is 14. The molecule has 5 atom stereocenters. The Morgan fingerprint density at radius 1 is 1.07 bits per heavy atom. The van der Waals surface area contributed by atoms with Gasteiger partial charge in [-0.1, -0.05) is 50.8 Å². The fraction of sp³-hybridized carbons (Fsp3) is 0.450. The average Bonchev–Trinajstić information content (AvgIpc) is 3.95. The van der Waals surface area contributed by atoms with Crippen LogP contribution in [0.2, 0.25) is 0 Å². The molecule has 0 unspecified atom stereocenters. The zero-order chi connectivity index (χ0) is 41.5. The van der Waals surface area contributed by atoms with E-state index in [1.165, 1.54) is 46.8 Å². The van der Waals surface area contributed by atoms with Gasteiger partial charge in [-0.2, -0.15) is 4.31 Å². The van der Waals surface area contributed by atoms with E-state index in [-0.39, 0.29) is 61.0 Å². The summed E-state index contributed by atoms with van der Waals surface area (Å²) in [5.41, 5.74) is 0.427. The molecule has 17 nitrogen and oxygen atoms in total. The Labute approximate surface area is 336 Å². The maximum Gasteiger partial charge on any atom is 0.514 e. The van der Waals surface area contributed by atoms with Crippen molar-refractivity contribution in [3.8, 4) is 17.2 Å². The van der Waals surface area contributed by atoms with Gasteiger partial charge in [-0.3, -0.25) is 10.1 Å². The molecule has 1 amide bonds. The van der Waals surface area contributed by atoms with Gasteiger partial charge in [0.25, 0.3) is 5.69 Å². The number of ether oxygens (including phenoxy) is 7. The Kier molecular flexibility index (Phi) is 13.5. The zero-order valence-electron chi connectivity index (χ0n) is 32.2. The minimum atomic E-state index is -4.29. The van der Waals surface area contributed by atoms with E-state index < -0.39 is 63.7 Å². The molecular formula is C40H47N3O14S. The van der Waals surface area contributed by atoms with Crippen molar-refractivity contribution in [1.29, 1.82) is 0 Å². The Hall–Kier alpha value is -5.27. The quantitative estimate of drug-likeness (QED) is 0.0545. The second-order valence-corrected chi connectivity index (χ2v) is 17.0. The summed E-state index contributed by atoms with van der Waals surface area (Å²) in [6, 6.07) is 17.4. The molecule has 58 heavy (non-hydrogen) atoms. The SMILES string of the molecule is C=C(CCC(C)(C)CN(C[C@@H](O)[C@H](Cc1ccccc1)NC(=O)O[C@H]1CO[C@H]2OCC[C@H]21)S(=O)(=O)c1ccc2c(c1)OCO2)COC(=O)Oc1ccc([N+](=O)[O-])cc1.